The van der Waals surface area contributed by atoms with Gasteiger partial charge in [0.15, 0.2) is 0 Å². The van der Waals surface area contributed by atoms with Gasteiger partial charge in [0.25, 0.3) is 0 Å². The highest BCUT2D eigenvalue weighted by atomic mass is 79.9. The van der Waals surface area contributed by atoms with E-state index in [1.165, 1.54) is 12.0 Å². The molecule has 3 rings (SSSR count). The Kier molecular flexibility index (Phi) is 3.87. The van der Waals surface area contributed by atoms with Gasteiger partial charge in [-0.05, 0) is 54.9 Å². The molecule has 1 amide bonds. The molecule has 1 aliphatic carbocycles. The van der Waals surface area contributed by atoms with Crippen LogP contribution in [0.4, 0.5) is 0 Å². The molecule has 2 aliphatic rings. The predicted octanol–water partition coefficient (Wildman–Crippen LogP) is 2.50. The first-order valence-corrected chi connectivity index (χ1v) is 8.12. The van der Waals surface area contributed by atoms with Crippen molar-refractivity contribution in [3.8, 4) is 0 Å². The van der Waals surface area contributed by atoms with Gasteiger partial charge in [-0.1, -0.05) is 22.0 Å². The van der Waals surface area contributed by atoms with Crippen LogP contribution < -0.4 is 5.73 Å². The molecule has 3 nitrogen and oxygen atoms in total. The maximum Gasteiger partial charge on any atom is 0.227 e. The van der Waals surface area contributed by atoms with Crippen LogP contribution in [0.3, 0.4) is 0 Å². The SMILES string of the molecule is Cc1cc(Br)ccc1CC(=O)N1CC2CCC(N)C2C1. The highest BCUT2D eigenvalue weighted by Gasteiger charge is 2.42. The van der Waals surface area contributed by atoms with Gasteiger partial charge in [0.1, 0.15) is 0 Å². The average Bonchev–Trinajstić information content (AvgIpc) is 2.96. The molecule has 3 atom stereocenters. The van der Waals surface area contributed by atoms with Gasteiger partial charge in [0.05, 0.1) is 6.42 Å². The minimum Gasteiger partial charge on any atom is -0.342 e. The van der Waals surface area contributed by atoms with Crippen LogP contribution in [0.1, 0.15) is 24.0 Å². The largest absolute Gasteiger partial charge is 0.342 e. The number of rotatable bonds is 2. The Bertz CT molecular complexity index is 531. The summed E-state index contributed by atoms with van der Waals surface area (Å²) in [5.74, 6) is 1.42. The van der Waals surface area contributed by atoms with Crippen molar-refractivity contribution in [3.63, 3.8) is 0 Å². The molecule has 4 heteroatoms. The number of hydrogen-bond donors (Lipinski definition) is 1. The number of amides is 1. The van der Waals surface area contributed by atoms with E-state index in [4.69, 9.17) is 5.73 Å². The average molecular weight is 337 g/mol. The third-order valence-electron chi connectivity index (χ3n) is 4.91. The number of halogens is 1. The first kappa shape index (κ1) is 14.1. The highest BCUT2D eigenvalue weighted by Crippen LogP contribution is 2.37. The molecule has 0 radical (unpaired) electrons. The number of carbonyl (C=O) groups is 1. The fraction of sp³-hybridized carbons (Fsp3) is 0.562. The number of aryl methyl sites for hydroxylation is 1. The second-order valence-electron chi connectivity index (χ2n) is 6.21. The van der Waals surface area contributed by atoms with Gasteiger partial charge in [-0.2, -0.15) is 0 Å². The van der Waals surface area contributed by atoms with Crippen LogP contribution in [-0.4, -0.2) is 29.9 Å². The molecule has 108 valence electrons. The number of fused-ring (bicyclic) bond motifs is 1. The van der Waals surface area contributed by atoms with E-state index in [1.807, 2.05) is 17.0 Å². The van der Waals surface area contributed by atoms with E-state index in [9.17, 15) is 4.79 Å². The molecule has 20 heavy (non-hydrogen) atoms. The fourth-order valence-corrected chi connectivity index (χ4v) is 4.12. The lowest BCUT2D eigenvalue weighted by Crippen LogP contribution is -2.34. The summed E-state index contributed by atoms with van der Waals surface area (Å²) in [6.45, 7) is 3.83. The summed E-state index contributed by atoms with van der Waals surface area (Å²) in [5.41, 5.74) is 8.43. The maximum atomic E-state index is 12.5. The van der Waals surface area contributed by atoms with E-state index in [-0.39, 0.29) is 5.91 Å². The Hall–Kier alpha value is -0.870. The molecule has 0 spiro atoms. The zero-order valence-corrected chi connectivity index (χ0v) is 13.4. The van der Waals surface area contributed by atoms with Crippen molar-refractivity contribution in [1.29, 1.82) is 0 Å². The molecule has 1 aliphatic heterocycles. The topological polar surface area (TPSA) is 46.3 Å². The molecule has 1 aromatic carbocycles. The molecular weight excluding hydrogens is 316 g/mol. The molecule has 1 saturated carbocycles. The van der Waals surface area contributed by atoms with E-state index in [2.05, 4.69) is 28.9 Å². The second-order valence-corrected chi connectivity index (χ2v) is 7.13. The van der Waals surface area contributed by atoms with Gasteiger partial charge in [-0.25, -0.2) is 0 Å². The first-order valence-electron chi connectivity index (χ1n) is 7.33. The van der Waals surface area contributed by atoms with Gasteiger partial charge in [-0.15, -0.1) is 0 Å². The molecule has 1 heterocycles. The molecule has 2 N–H and O–H groups in total. The zero-order chi connectivity index (χ0) is 14.3. The molecule has 3 unspecified atom stereocenters. The lowest BCUT2D eigenvalue weighted by atomic mass is 9.98. The maximum absolute atomic E-state index is 12.5. The Morgan fingerprint density at radius 1 is 1.40 bits per heavy atom. The monoisotopic (exact) mass is 336 g/mol. The summed E-state index contributed by atoms with van der Waals surface area (Å²) in [6, 6.07) is 6.41. The molecule has 0 aromatic heterocycles. The van der Waals surface area contributed by atoms with Crippen molar-refractivity contribution < 1.29 is 4.79 Å². The summed E-state index contributed by atoms with van der Waals surface area (Å²) in [5, 5.41) is 0. The van der Waals surface area contributed by atoms with Gasteiger partial charge < -0.3 is 10.6 Å². The normalized spacial score (nSPS) is 28.8. The van der Waals surface area contributed by atoms with Gasteiger partial charge in [0, 0.05) is 23.6 Å². The van der Waals surface area contributed by atoms with Crippen LogP contribution in [0.15, 0.2) is 22.7 Å². The van der Waals surface area contributed by atoms with Crippen LogP contribution in [0.5, 0.6) is 0 Å². The fourth-order valence-electron chi connectivity index (χ4n) is 3.64. The van der Waals surface area contributed by atoms with Crippen LogP contribution >= 0.6 is 15.9 Å². The smallest absolute Gasteiger partial charge is 0.227 e. The number of nitrogens with zero attached hydrogens (tertiary/aromatic N) is 1. The number of likely N-dealkylation sites (tertiary alicyclic amines) is 1. The van der Waals surface area contributed by atoms with E-state index in [0.29, 0.717) is 24.3 Å². The van der Waals surface area contributed by atoms with Crippen molar-refractivity contribution in [2.45, 2.75) is 32.2 Å². The second kappa shape index (κ2) is 5.49. The van der Waals surface area contributed by atoms with E-state index in [0.717, 1.165) is 29.5 Å². The van der Waals surface area contributed by atoms with Crippen LogP contribution in [0.2, 0.25) is 0 Å². The lowest BCUT2D eigenvalue weighted by Gasteiger charge is -2.19. The number of nitrogens with two attached hydrogens (primary N) is 1. The zero-order valence-electron chi connectivity index (χ0n) is 11.8. The lowest BCUT2D eigenvalue weighted by molar-refractivity contribution is -0.129. The van der Waals surface area contributed by atoms with E-state index in [1.54, 1.807) is 0 Å². The van der Waals surface area contributed by atoms with Gasteiger partial charge >= 0.3 is 0 Å². The minimum atomic E-state index is 0.247. The Balaban J connectivity index is 1.66. The standard InChI is InChI=1S/C16H21BrN2O/c1-10-6-13(17)4-2-11(10)7-16(20)19-8-12-3-5-15(18)14(12)9-19/h2,4,6,12,14-15H,3,5,7-9,18H2,1H3. The third-order valence-corrected chi connectivity index (χ3v) is 5.40. The van der Waals surface area contributed by atoms with Gasteiger partial charge in [-0.3, -0.25) is 4.79 Å². The summed E-state index contributed by atoms with van der Waals surface area (Å²) in [7, 11) is 0. The number of carbonyl (C=O) groups excluding carboxylic acids is 1. The third kappa shape index (κ3) is 2.63. The quantitative estimate of drug-likeness (QED) is 0.901. The Morgan fingerprint density at radius 3 is 2.90 bits per heavy atom. The molecule has 1 saturated heterocycles. The van der Waals surface area contributed by atoms with Crippen LogP contribution in [0.25, 0.3) is 0 Å². The van der Waals surface area contributed by atoms with Crippen molar-refractivity contribution in [2.75, 3.05) is 13.1 Å². The van der Waals surface area contributed by atoms with E-state index < -0.39 is 0 Å². The Morgan fingerprint density at radius 2 is 2.20 bits per heavy atom. The molecule has 1 aromatic rings. The molecule has 2 fully saturated rings. The van der Waals surface area contributed by atoms with Crippen LogP contribution in [-0.2, 0) is 11.2 Å². The van der Waals surface area contributed by atoms with Crippen molar-refractivity contribution in [2.24, 2.45) is 17.6 Å². The van der Waals surface area contributed by atoms with E-state index >= 15 is 0 Å². The van der Waals surface area contributed by atoms with Crippen LogP contribution in [0, 0.1) is 18.8 Å². The summed E-state index contributed by atoms with van der Waals surface area (Å²) < 4.78 is 1.06. The van der Waals surface area contributed by atoms with Crippen molar-refractivity contribution in [3.05, 3.63) is 33.8 Å². The Labute approximate surface area is 128 Å². The van der Waals surface area contributed by atoms with Crippen molar-refractivity contribution >= 4 is 21.8 Å². The highest BCUT2D eigenvalue weighted by molar-refractivity contribution is 9.10. The predicted molar refractivity (Wildman–Crippen MR) is 83.4 cm³/mol. The molecular formula is C16H21BrN2O. The first-order chi connectivity index (χ1) is 9.54. The minimum absolute atomic E-state index is 0.247. The number of benzene rings is 1. The molecule has 0 bridgehead atoms. The number of hydrogen-bond acceptors (Lipinski definition) is 2. The van der Waals surface area contributed by atoms with Gasteiger partial charge in [0.2, 0.25) is 5.91 Å². The van der Waals surface area contributed by atoms with Crippen molar-refractivity contribution in [1.82, 2.24) is 4.90 Å². The summed E-state index contributed by atoms with van der Waals surface area (Å²) in [4.78, 5) is 14.5. The summed E-state index contributed by atoms with van der Waals surface area (Å²) in [6.07, 6.45) is 2.82. The summed E-state index contributed by atoms with van der Waals surface area (Å²) >= 11 is 3.46.